The Hall–Kier alpha value is -1.36. The Kier molecular flexibility index (Phi) is 15.6. The molecule has 28 heavy (non-hydrogen) atoms. The molecule has 0 atom stereocenters. The van der Waals surface area contributed by atoms with E-state index >= 15 is 0 Å². The second-order valence-electron chi connectivity index (χ2n) is 7.80. The molecule has 1 rings (SSSR count). The highest BCUT2D eigenvalue weighted by Gasteiger charge is 2.17. The molecular weight excluding hydrogens is 350 g/mol. The van der Waals surface area contributed by atoms with E-state index in [1.54, 1.807) is 0 Å². The number of aliphatic imine (C=N–C) groups is 1. The van der Waals surface area contributed by atoms with Crippen molar-refractivity contribution in [3.63, 3.8) is 0 Å². The van der Waals surface area contributed by atoms with Crippen LogP contribution in [0, 0.1) is 0 Å². The maximum Gasteiger partial charge on any atom is 0.226 e. The summed E-state index contributed by atoms with van der Waals surface area (Å²) in [6.45, 7) is 4.36. The molecule has 1 amide bonds. The zero-order chi connectivity index (χ0) is 20.3. The first kappa shape index (κ1) is 24.7. The van der Waals surface area contributed by atoms with E-state index in [9.17, 15) is 4.79 Å². The third-order valence-corrected chi connectivity index (χ3v) is 5.22. The number of hydrogen-bond acceptors (Lipinski definition) is 4. The molecule has 162 valence electrons. The molecular formula is C23H43N3O2. The molecule has 0 unspecified atom stereocenters. The van der Waals surface area contributed by atoms with E-state index < -0.39 is 0 Å². The number of guanidine groups is 1. The molecule has 0 aromatic heterocycles. The molecule has 0 fully saturated rings. The molecule has 0 radical (unpaired) electrons. The van der Waals surface area contributed by atoms with Crippen LogP contribution in [0.1, 0.15) is 96.8 Å². The van der Waals surface area contributed by atoms with Gasteiger partial charge in [0.05, 0.1) is 13.2 Å². The summed E-state index contributed by atoms with van der Waals surface area (Å²) in [5, 5.41) is 11.9. The molecule has 0 aromatic rings. The molecule has 0 saturated carbocycles. The van der Waals surface area contributed by atoms with Gasteiger partial charge in [-0.15, -0.1) is 0 Å². The maximum atomic E-state index is 12.0. The highest BCUT2D eigenvalue weighted by atomic mass is 16.3. The topological polar surface area (TPSA) is 64.9 Å². The summed E-state index contributed by atoms with van der Waals surface area (Å²) in [5.41, 5.74) is 0. The van der Waals surface area contributed by atoms with Gasteiger partial charge in [-0.05, 0) is 32.1 Å². The summed E-state index contributed by atoms with van der Waals surface area (Å²) in [5.74, 6) is 0.674. The van der Waals surface area contributed by atoms with Crippen molar-refractivity contribution in [2.75, 3.05) is 26.2 Å². The Morgan fingerprint density at radius 3 is 2.25 bits per heavy atom. The Balaban J connectivity index is 1.87. The zero-order valence-electron chi connectivity index (χ0n) is 18.1. The van der Waals surface area contributed by atoms with Crippen LogP contribution in [-0.4, -0.2) is 48.1 Å². The predicted molar refractivity (Wildman–Crippen MR) is 119 cm³/mol. The van der Waals surface area contributed by atoms with Crippen molar-refractivity contribution >= 4 is 11.9 Å². The van der Waals surface area contributed by atoms with Gasteiger partial charge in [-0.25, -0.2) is 0 Å². The first-order chi connectivity index (χ1) is 13.8. The van der Waals surface area contributed by atoms with Gasteiger partial charge in [0, 0.05) is 19.5 Å². The van der Waals surface area contributed by atoms with Gasteiger partial charge in [0.15, 0.2) is 0 Å². The lowest BCUT2D eigenvalue weighted by atomic mass is 10.1. The van der Waals surface area contributed by atoms with Crippen molar-refractivity contribution in [2.45, 2.75) is 96.8 Å². The van der Waals surface area contributed by atoms with E-state index in [2.05, 4.69) is 29.4 Å². The lowest BCUT2D eigenvalue weighted by Crippen LogP contribution is -2.42. The van der Waals surface area contributed by atoms with Gasteiger partial charge in [0.25, 0.3) is 0 Å². The highest BCUT2D eigenvalue weighted by molar-refractivity contribution is 5.97. The molecule has 1 heterocycles. The minimum atomic E-state index is 0.0428. The first-order valence-electron chi connectivity index (χ1n) is 11.6. The Morgan fingerprint density at radius 2 is 1.61 bits per heavy atom. The van der Waals surface area contributed by atoms with E-state index in [0.29, 0.717) is 25.5 Å². The average molecular weight is 394 g/mol. The summed E-state index contributed by atoms with van der Waals surface area (Å²) in [4.78, 5) is 18.2. The number of carbonyl (C=O) groups excluding carboxylic acids is 1. The van der Waals surface area contributed by atoms with Crippen LogP contribution >= 0.6 is 0 Å². The number of carbonyl (C=O) groups is 1. The number of hydrogen-bond donors (Lipinski definition) is 2. The summed E-state index contributed by atoms with van der Waals surface area (Å²) in [6, 6.07) is 0. The lowest BCUT2D eigenvalue weighted by Gasteiger charge is -2.19. The Bertz CT molecular complexity index is 449. The second kappa shape index (κ2) is 17.7. The van der Waals surface area contributed by atoms with Crippen molar-refractivity contribution in [1.29, 1.82) is 0 Å². The van der Waals surface area contributed by atoms with Gasteiger partial charge < -0.3 is 10.0 Å². The fourth-order valence-electron chi connectivity index (χ4n) is 3.48. The van der Waals surface area contributed by atoms with Gasteiger partial charge in [0.2, 0.25) is 11.9 Å². The highest BCUT2D eigenvalue weighted by Crippen LogP contribution is 2.10. The summed E-state index contributed by atoms with van der Waals surface area (Å²) in [7, 11) is 0. The van der Waals surface area contributed by atoms with Crippen LogP contribution < -0.4 is 5.32 Å². The maximum absolute atomic E-state index is 12.0. The van der Waals surface area contributed by atoms with Crippen LogP contribution in [0.25, 0.3) is 0 Å². The van der Waals surface area contributed by atoms with Crippen molar-refractivity contribution in [1.82, 2.24) is 10.2 Å². The molecule has 1 aliphatic heterocycles. The summed E-state index contributed by atoms with van der Waals surface area (Å²) >= 11 is 0. The molecule has 0 aliphatic carbocycles. The molecule has 0 spiro atoms. The van der Waals surface area contributed by atoms with Crippen molar-refractivity contribution < 1.29 is 9.90 Å². The number of β-amino-alcohol motifs (C(OH)–C–C–N with tert-alkyl or cyclic N) is 1. The van der Waals surface area contributed by atoms with Gasteiger partial charge in [0.1, 0.15) is 0 Å². The number of rotatable bonds is 17. The van der Waals surface area contributed by atoms with Gasteiger partial charge >= 0.3 is 0 Å². The van der Waals surface area contributed by atoms with Crippen LogP contribution in [-0.2, 0) is 4.79 Å². The van der Waals surface area contributed by atoms with Gasteiger partial charge in [-0.1, -0.05) is 70.4 Å². The number of aliphatic hydroxyl groups is 1. The van der Waals surface area contributed by atoms with Gasteiger partial charge in [-0.2, -0.15) is 0 Å². The average Bonchev–Trinajstić information content (AvgIpc) is 3.12. The Labute approximate surface area is 172 Å². The van der Waals surface area contributed by atoms with Crippen LogP contribution in [0.3, 0.4) is 0 Å². The number of nitrogens with one attached hydrogen (secondary N) is 1. The number of unbranched alkanes of at least 4 members (excludes halogenated alkanes) is 11. The van der Waals surface area contributed by atoms with Crippen LogP contribution in [0.15, 0.2) is 17.1 Å². The quantitative estimate of drug-likeness (QED) is 0.275. The standard InChI is InChI=1S/C23H43N3O2/c1-2-3-4-5-6-7-8-9-10-11-12-13-14-15-16-17-22(28)25-23-24-18-19-26(23)20-21-27/h9-10,27H,2-8,11-21H2,1H3,(H,24,25,28)/b10-9-. The smallest absolute Gasteiger partial charge is 0.226 e. The SMILES string of the molecule is CCCCCCCC/C=C\CCCCCCCC(=O)NC1=NCCN1CCO. The number of nitrogens with zero attached hydrogens (tertiary/aromatic N) is 2. The molecule has 1 aliphatic rings. The van der Waals surface area contributed by atoms with Crippen molar-refractivity contribution in [2.24, 2.45) is 4.99 Å². The van der Waals surface area contributed by atoms with Crippen molar-refractivity contribution in [3.8, 4) is 0 Å². The molecule has 5 nitrogen and oxygen atoms in total. The summed E-state index contributed by atoms with van der Waals surface area (Å²) < 4.78 is 0. The molecule has 0 bridgehead atoms. The molecule has 0 saturated heterocycles. The van der Waals surface area contributed by atoms with Crippen LogP contribution in [0.2, 0.25) is 0 Å². The van der Waals surface area contributed by atoms with E-state index in [0.717, 1.165) is 19.4 Å². The fourth-order valence-corrected chi connectivity index (χ4v) is 3.48. The van der Waals surface area contributed by atoms with Crippen molar-refractivity contribution in [3.05, 3.63) is 12.2 Å². The minimum absolute atomic E-state index is 0.0428. The molecule has 2 N–H and O–H groups in total. The summed E-state index contributed by atoms with van der Waals surface area (Å²) in [6.07, 6.45) is 21.7. The van der Waals surface area contributed by atoms with E-state index in [1.165, 1.54) is 70.6 Å². The van der Waals surface area contributed by atoms with E-state index in [4.69, 9.17) is 5.11 Å². The normalized spacial score (nSPS) is 14.1. The van der Waals surface area contributed by atoms with Crippen LogP contribution in [0.5, 0.6) is 0 Å². The molecule has 0 aromatic carbocycles. The zero-order valence-corrected chi connectivity index (χ0v) is 18.1. The molecule has 5 heteroatoms. The minimum Gasteiger partial charge on any atom is -0.395 e. The monoisotopic (exact) mass is 393 g/mol. The Morgan fingerprint density at radius 1 is 1.00 bits per heavy atom. The fraction of sp³-hybridized carbons (Fsp3) is 0.826. The van der Waals surface area contributed by atoms with Gasteiger partial charge in [-0.3, -0.25) is 15.1 Å². The number of amides is 1. The van der Waals surface area contributed by atoms with E-state index in [-0.39, 0.29) is 12.5 Å². The number of allylic oxidation sites excluding steroid dienone is 2. The van der Waals surface area contributed by atoms with E-state index in [1.807, 2.05) is 4.90 Å². The second-order valence-corrected chi connectivity index (χ2v) is 7.80. The first-order valence-corrected chi connectivity index (χ1v) is 11.6. The third kappa shape index (κ3) is 12.9. The van der Waals surface area contributed by atoms with Crippen LogP contribution in [0.4, 0.5) is 0 Å². The lowest BCUT2D eigenvalue weighted by molar-refractivity contribution is -0.119. The number of aliphatic hydroxyl groups excluding tert-OH is 1. The largest absolute Gasteiger partial charge is 0.395 e. The third-order valence-electron chi connectivity index (χ3n) is 5.22. The predicted octanol–water partition coefficient (Wildman–Crippen LogP) is 4.80.